The van der Waals surface area contributed by atoms with E-state index in [1.54, 1.807) is 12.1 Å². The number of imidazole rings is 1. The highest BCUT2D eigenvalue weighted by Gasteiger charge is 2.16. The lowest BCUT2D eigenvalue weighted by Crippen LogP contribution is -2.09. The number of aromatic nitrogens is 2. The fourth-order valence-electron chi connectivity index (χ4n) is 1.62. The second-order valence-corrected chi connectivity index (χ2v) is 5.09. The predicted octanol–water partition coefficient (Wildman–Crippen LogP) is 3.13. The van der Waals surface area contributed by atoms with Crippen LogP contribution < -0.4 is 0 Å². The molecule has 0 bridgehead atoms. The highest BCUT2D eigenvalue weighted by molar-refractivity contribution is 7.99. The summed E-state index contributed by atoms with van der Waals surface area (Å²) < 4.78 is 26.5. The first-order valence-electron chi connectivity index (χ1n) is 5.26. The van der Waals surface area contributed by atoms with E-state index in [4.69, 9.17) is 16.7 Å². The minimum Gasteiger partial charge on any atom is -0.481 e. The molecule has 0 saturated heterocycles. The van der Waals surface area contributed by atoms with E-state index >= 15 is 0 Å². The van der Waals surface area contributed by atoms with Crippen LogP contribution in [0, 0.1) is 0 Å². The molecule has 0 spiro atoms. The Labute approximate surface area is 116 Å². The fourth-order valence-corrected chi connectivity index (χ4v) is 2.54. The molecule has 1 aromatic carbocycles. The van der Waals surface area contributed by atoms with E-state index in [1.165, 1.54) is 10.6 Å². The third kappa shape index (κ3) is 3.36. The molecule has 1 heterocycles. The van der Waals surface area contributed by atoms with Crippen LogP contribution in [-0.2, 0) is 11.3 Å². The molecule has 0 aliphatic rings. The molecule has 0 aliphatic heterocycles. The Hall–Kier alpha value is -1.34. The molecule has 0 fully saturated rings. The first kappa shape index (κ1) is 14.1. The normalized spacial score (nSPS) is 11.4. The first-order chi connectivity index (χ1) is 8.97. The van der Waals surface area contributed by atoms with Crippen molar-refractivity contribution in [3.63, 3.8) is 0 Å². The third-order valence-corrected chi connectivity index (χ3v) is 3.52. The zero-order valence-corrected chi connectivity index (χ0v) is 11.1. The number of alkyl halides is 2. The van der Waals surface area contributed by atoms with Crippen molar-refractivity contribution < 1.29 is 18.7 Å². The Balaban J connectivity index is 2.45. The number of hydrogen-bond acceptors (Lipinski definition) is 3. The molecule has 0 saturated carbocycles. The van der Waals surface area contributed by atoms with Gasteiger partial charge in [-0.15, -0.1) is 0 Å². The average molecular weight is 307 g/mol. The van der Waals surface area contributed by atoms with Crippen LogP contribution in [0.2, 0.25) is 5.02 Å². The second-order valence-electron chi connectivity index (χ2n) is 3.71. The zero-order valence-electron chi connectivity index (χ0n) is 9.52. The van der Waals surface area contributed by atoms with Gasteiger partial charge in [0, 0.05) is 5.02 Å². The van der Waals surface area contributed by atoms with Crippen LogP contribution in [0.1, 0.15) is 0 Å². The largest absolute Gasteiger partial charge is 0.481 e. The zero-order chi connectivity index (χ0) is 14.0. The van der Waals surface area contributed by atoms with Gasteiger partial charge in [-0.3, -0.25) is 4.79 Å². The summed E-state index contributed by atoms with van der Waals surface area (Å²) >= 11 is 6.74. The molecule has 8 heteroatoms. The standard InChI is InChI=1S/C11H9ClF2N2O2S/c12-6-1-2-7-8(3-6)16(4-9(13)14)11(15-7)19-5-10(17)18/h1-3,9H,4-5H2,(H,17,18). The Kier molecular flexibility index (Phi) is 4.26. The lowest BCUT2D eigenvalue weighted by molar-refractivity contribution is -0.133. The quantitative estimate of drug-likeness (QED) is 0.862. The summed E-state index contributed by atoms with van der Waals surface area (Å²) in [5.41, 5.74) is 0.985. The maximum absolute atomic E-state index is 12.6. The van der Waals surface area contributed by atoms with Gasteiger partial charge in [0.05, 0.1) is 23.3 Å². The summed E-state index contributed by atoms with van der Waals surface area (Å²) in [6.07, 6.45) is -2.56. The van der Waals surface area contributed by atoms with Gasteiger partial charge in [0.1, 0.15) is 0 Å². The number of benzene rings is 1. The summed E-state index contributed by atoms with van der Waals surface area (Å²) in [7, 11) is 0. The Bertz CT molecular complexity index is 618. The van der Waals surface area contributed by atoms with Gasteiger partial charge in [-0.05, 0) is 18.2 Å². The molecule has 0 radical (unpaired) electrons. The van der Waals surface area contributed by atoms with Gasteiger partial charge < -0.3 is 9.67 Å². The highest BCUT2D eigenvalue weighted by Crippen LogP contribution is 2.27. The minimum atomic E-state index is -2.56. The van der Waals surface area contributed by atoms with E-state index < -0.39 is 18.9 Å². The molecular formula is C11H9ClF2N2O2S. The van der Waals surface area contributed by atoms with Crippen molar-refractivity contribution in [3.8, 4) is 0 Å². The molecule has 102 valence electrons. The number of halogens is 3. The molecule has 4 nitrogen and oxygen atoms in total. The van der Waals surface area contributed by atoms with Crippen LogP contribution in [0.3, 0.4) is 0 Å². The molecule has 19 heavy (non-hydrogen) atoms. The van der Waals surface area contributed by atoms with Crippen molar-refractivity contribution >= 4 is 40.4 Å². The number of nitrogens with zero attached hydrogens (tertiary/aromatic N) is 2. The molecule has 0 aliphatic carbocycles. The van der Waals surface area contributed by atoms with Crippen LogP contribution >= 0.6 is 23.4 Å². The number of carbonyl (C=O) groups is 1. The minimum absolute atomic E-state index is 0.236. The first-order valence-corrected chi connectivity index (χ1v) is 6.62. The van der Waals surface area contributed by atoms with Gasteiger partial charge in [-0.2, -0.15) is 0 Å². The summed E-state index contributed by atoms with van der Waals surface area (Å²) in [5, 5.41) is 9.30. The Morgan fingerprint density at radius 3 is 2.89 bits per heavy atom. The summed E-state index contributed by atoms with van der Waals surface area (Å²) in [5.74, 6) is -1.26. The van der Waals surface area contributed by atoms with Gasteiger partial charge in [0.15, 0.2) is 5.16 Å². The molecule has 1 aromatic heterocycles. The van der Waals surface area contributed by atoms with Crippen LogP contribution in [-0.4, -0.2) is 32.8 Å². The molecule has 0 atom stereocenters. The van der Waals surface area contributed by atoms with Crippen molar-refractivity contribution in [3.05, 3.63) is 23.2 Å². The van der Waals surface area contributed by atoms with E-state index in [2.05, 4.69) is 4.98 Å². The molecule has 0 unspecified atom stereocenters. The maximum Gasteiger partial charge on any atom is 0.313 e. The average Bonchev–Trinajstić information content (AvgIpc) is 2.64. The number of carboxylic acids is 1. The fraction of sp³-hybridized carbons (Fsp3) is 0.273. The Morgan fingerprint density at radius 2 is 2.26 bits per heavy atom. The SMILES string of the molecule is O=C(O)CSc1nc2ccc(Cl)cc2n1CC(F)F. The van der Waals surface area contributed by atoms with E-state index in [1.807, 2.05) is 0 Å². The maximum atomic E-state index is 12.6. The molecule has 1 N–H and O–H groups in total. The number of rotatable bonds is 5. The van der Waals surface area contributed by atoms with Gasteiger partial charge in [-0.1, -0.05) is 23.4 Å². The number of thioether (sulfide) groups is 1. The monoisotopic (exact) mass is 306 g/mol. The van der Waals surface area contributed by atoms with Gasteiger partial charge >= 0.3 is 5.97 Å². The van der Waals surface area contributed by atoms with Crippen molar-refractivity contribution in [2.24, 2.45) is 0 Å². The molecule has 0 amide bonds. The van der Waals surface area contributed by atoms with Crippen molar-refractivity contribution in [2.75, 3.05) is 5.75 Å². The van der Waals surface area contributed by atoms with Gasteiger partial charge in [0.2, 0.25) is 0 Å². The van der Waals surface area contributed by atoms with Gasteiger partial charge in [-0.25, -0.2) is 13.8 Å². The van der Waals surface area contributed by atoms with Crippen molar-refractivity contribution in [1.82, 2.24) is 9.55 Å². The van der Waals surface area contributed by atoms with Crippen LogP contribution in [0.15, 0.2) is 23.4 Å². The molecule has 2 rings (SSSR count). The number of aliphatic carboxylic acids is 1. The van der Waals surface area contributed by atoms with E-state index in [0.29, 0.717) is 16.1 Å². The second kappa shape index (κ2) is 5.75. The molecular weight excluding hydrogens is 298 g/mol. The summed E-state index contributed by atoms with van der Waals surface area (Å²) in [6.45, 7) is -0.543. The summed E-state index contributed by atoms with van der Waals surface area (Å²) in [4.78, 5) is 14.7. The van der Waals surface area contributed by atoms with Crippen LogP contribution in [0.5, 0.6) is 0 Å². The number of carboxylic acid groups (broad SMARTS) is 1. The third-order valence-electron chi connectivity index (χ3n) is 2.32. The van der Waals surface area contributed by atoms with Crippen LogP contribution in [0.4, 0.5) is 8.78 Å². The van der Waals surface area contributed by atoms with Crippen LogP contribution in [0.25, 0.3) is 11.0 Å². The van der Waals surface area contributed by atoms with E-state index in [-0.39, 0.29) is 10.9 Å². The van der Waals surface area contributed by atoms with E-state index in [9.17, 15) is 13.6 Å². The Morgan fingerprint density at radius 1 is 1.53 bits per heavy atom. The highest BCUT2D eigenvalue weighted by atomic mass is 35.5. The smallest absolute Gasteiger partial charge is 0.313 e. The van der Waals surface area contributed by atoms with Crippen molar-refractivity contribution in [1.29, 1.82) is 0 Å². The predicted molar refractivity (Wildman–Crippen MR) is 69.1 cm³/mol. The lowest BCUT2D eigenvalue weighted by Gasteiger charge is -2.07. The summed E-state index contributed by atoms with van der Waals surface area (Å²) in [6, 6.07) is 4.76. The number of fused-ring (bicyclic) bond motifs is 1. The lowest BCUT2D eigenvalue weighted by atomic mass is 10.3. The van der Waals surface area contributed by atoms with Crippen molar-refractivity contribution in [2.45, 2.75) is 18.1 Å². The van der Waals surface area contributed by atoms with Gasteiger partial charge in [0.25, 0.3) is 6.43 Å². The number of hydrogen-bond donors (Lipinski definition) is 1. The van der Waals surface area contributed by atoms with E-state index in [0.717, 1.165) is 11.8 Å². The molecule has 2 aromatic rings. The topological polar surface area (TPSA) is 55.1 Å².